The van der Waals surface area contributed by atoms with E-state index in [1.54, 1.807) is 55.5 Å². The lowest BCUT2D eigenvalue weighted by atomic mass is 10.1. The van der Waals surface area contributed by atoms with Gasteiger partial charge in [-0.05, 0) is 43.4 Å². The molecule has 0 heterocycles. The number of thiocarbonyl (C=S) groups is 1. The number of benzene rings is 2. The third kappa shape index (κ3) is 4.62. The van der Waals surface area contributed by atoms with Crippen LogP contribution >= 0.6 is 12.2 Å². The van der Waals surface area contributed by atoms with E-state index in [2.05, 4.69) is 5.32 Å². The van der Waals surface area contributed by atoms with Crippen LogP contribution < -0.4 is 11.1 Å². The highest BCUT2D eigenvalue weighted by Gasteiger charge is 2.20. The highest BCUT2D eigenvalue weighted by molar-refractivity contribution is 7.80. The Bertz CT molecular complexity index is 714. The van der Waals surface area contributed by atoms with Crippen molar-refractivity contribution in [3.8, 4) is 0 Å². The van der Waals surface area contributed by atoms with Crippen molar-refractivity contribution in [1.82, 2.24) is 0 Å². The number of Topliss-reactive ketones (excluding diaryl/α,β-unsaturated/α-hetero) is 1. The number of hydrogen-bond acceptors (Lipinski definition) is 4. The van der Waals surface area contributed by atoms with E-state index in [1.807, 2.05) is 6.07 Å². The van der Waals surface area contributed by atoms with E-state index in [9.17, 15) is 9.59 Å². The Kier molecular flexibility index (Phi) is 5.43. The Labute approximate surface area is 139 Å². The van der Waals surface area contributed by atoms with Gasteiger partial charge in [-0.3, -0.25) is 4.79 Å². The van der Waals surface area contributed by atoms with E-state index in [0.29, 0.717) is 16.8 Å². The standard InChI is InChI=1S/C17H16N2O3S/c1-11(15(20)12-5-3-2-4-6-12)22-16(21)13-7-9-14(10-8-13)19-17(18)23/h2-11H,1H3,(H3,18,19,23). The molecule has 0 radical (unpaired) electrons. The average Bonchev–Trinajstić information content (AvgIpc) is 2.55. The monoisotopic (exact) mass is 328 g/mol. The normalized spacial score (nSPS) is 11.3. The predicted octanol–water partition coefficient (Wildman–Crippen LogP) is 2.77. The second-order valence-electron chi connectivity index (χ2n) is 4.84. The van der Waals surface area contributed by atoms with E-state index >= 15 is 0 Å². The molecule has 0 bridgehead atoms. The van der Waals surface area contributed by atoms with Gasteiger partial charge in [-0.25, -0.2) is 4.79 Å². The van der Waals surface area contributed by atoms with Gasteiger partial charge in [0, 0.05) is 11.3 Å². The van der Waals surface area contributed by atoms with Gasteiger partial charge in [-0.1, -0.05) is 30.3 Å². The lowest BCUT2D eigenvalue weighted by Crippen LogP contribution is -2.24. The summed E-state index contributed by atoms with van der Waals surface area (Å²) in [6.45, 7) is 1.55. The number of anilines is 1. The Morgan fingerprint density at radius 1 is 1.04 bits per heavy atom. The molecule has 0 fully saturated rings. The first kappa shape index (κ1) is 16.6. The van der Waals surface area contributed by atoms with Crippen molar-refractivity contribution >= 4 is 34.8 Å². The maximum Gasteiger partial charge on any atom is 0.338 e. The first-order valence-corrected chi connectivity index (χ1v) is 7.35. The van der Waals surface area contributed by atoms with Crippen molar-refractivity contribution in [2.75, 3.05) is 5.32 Å². The maximum atomic E-state index is 12.2. The molecule has 2 aromatic carbocycles. The lowest BCUT2D eigenvalue weighted by molar-refractivity contribution is 0.0319. The molecule has 0 saturated carbocycles. The van der Waals surface area contributed by atoms with E-state index in [0.717, 1.165) is 0 Å². The van der Waals surface area contributed by atoms with Crippen LogP contribution in [0.25, 0.3) is 0 Å². The van der Waals surface area contributed by atoms with Gasteiger partial charge in [0.05, 0.1) is 5.56 Å². The molecule has 0 aliphatic carbocycles. The van der Waals surface area contributed by atoms with E-state index in [4.69, 9.17) is 22.7 Å². The van der Waals surface area contributed by atoms with Crippen LogP contribution in [-0.2, 0) is 4.74 Å². The summed E-state index contributed by atoms with van der Waals surface area (Å²) in [6.07, 6.45) is -0.862. The topological polar surface area (TPSA) is 81.4 Å². The predicted molar refractivity (Wildman–Crippen MR) is 92.5 cm³/mol. The molecule has 0 spiro atoms. The largest absolute Gasteiger partial charge is 0.451 e. The number of nitrogens with two attached hydrogens (primary N) is 1. The first-order valence-electron chi connectivity index (χ1n) is 6.94. The van der Waals surface area contributed by atoms with Crippen LogP contribution in [0.1, 0.15) is 27.6 Å². The van der Waals surface area contributed by atoms with E-state index < -0.39 is 12.1 Å². The SMILES string of the molecule is CC(OC(=O)c1ccc(NC(N)=S)cc1)C(=O)c1ccccc1. The zero-order chi connectivity index (χ0) is 16.8. The van der Waals surface area contributed by atoms with Crippen LogP contribution in [-0.4, -0.2) is 23.0 Å². The summed E-state index contributed by atoms with van der Waals surface area (Å²) in [4.78, 5) is 24.3. The minimum atomic E-state index is -0.862. The highest BCUT2D eigenvalue weighted by atomic mass is 32.1. The summed E-state index contributed by atoms with van der Waals surface area (Å²) in [5.74, 6) is -0.811. The summed E-state index contributed by atoms with van der Waals surface area (Å²) in [7, 11) is 0. The number of esters is 1. The van der Waals surface area contributed by atoms with Crippen LogP contribution in [0.3, 0.4) is 0 Å². The molecule has 0 aromatic heterocycles. The Morgan fingerprint density at radius 2 is 1.65 bits per heavy atom. The molecule has 1 unspecified atom stereocenters. The van der Waals surface area contributed by atoms with Crippen molar-refractivity contribution in [2.45, 2.75) is 13.0 Å². The van der Waals surface area contributed by atoms with Gasteiger partial charge in [0.25, 0.3) is 0 Å². The van der Waals surface area contributed by atoms with Gasteiger partial charge in [0.15, 0.2) is 11.2 Å². The molecule has 0 saturated heterocycles. The third-order valence-corrected chi connectivity index (χ3v) is 3.20. The molecular formula is C17H16N2O3S. The van der Waals surface area contributed by atoms with E-state index in [-0.39, 0.29) is 10.9 Å². The second kappa shape index (κ2) is 7.51. The molecule has 0 aliphatic rings. The molecule has 0 aliphatic heterocycles. The molecule has 1 atom stereocenters. The van der Waals surface area contributed by atoms with Crippen molar-refractivity contribution < 1.29 is 14.3 Å². The van der Waals surface area contributed by atoms with E-state index in [1.165, 1.54) is 0 Å². The van der Waals surface area contributed by atoms with Crippen LogP contribution in [0.2, 0.25) is 0 Å². The zero-order valence-corrected chi connectivity index (χ0v) is 13.3. The van der Waals surface area contributed by atoms with Crippen molar-refractivity contribution in [3.05, 3.63) is 65.7 Å². The number of rotatable bonds is 5. The van der Waals surface area contributed by atoms with Gasteiger partial charge >= 0.3 is 5.97 Å². The molecule has 23 heavy (non-hydrogen) atoms. The second-order valence-corrected chi connectivity index (χ2v) is 5.28. The fourth-order valence-electron chi connectivity index (χ4n) is 1.95. The fourth-order valence-corrected chi connectivity index (χ4v) is 2.07. The van der Waals surface area contributed by atoms with Crippen LogP contribution in [0.5, 0.6) is 0 Å². The number of carbonyl (C=O) groups is 2. The lowest BCUT2D eigenvalue weighted by Gasteiger charge is -2.12. The molecule has 5 nitrogen and oxygen atoms in total. The molecular weight excluding hydrogens is 312 g/mol. The smallest absolute Gasteiger partial charge is 0.338 e. The molecule has 6 heteroatoms. The Balaban J connectivity index is 2.01. The Morgan fingerprint density at radius 3 is 2.22 bits per heavy atom. The van der Waals surface area contributed by atoms with Crippen molar-refractivity contribution in [3.63, 3.8) is 0 Å². The van der Waals surface area contributed by atoms with Gasteiger partial charge in [-0.2, -0.15) is 0 Å². The number of carbonyl (C=O) groups excluding carboxylic acids is 2. The Hall–Kier alpha value is -2.73. The highest BCUT2D eigenvalue weighted by Crippen LogP contribution is 2.13. The summed E-state index contributed by atoms with van der Waals surface area (Å²) >= 11 is 4.73. The first-order chi connectivity index (χ1) is 11.0. The van der Waals surface area contributed by atoms with Gasteiger partial charge < -0.3 is 15.8 Å². The number of ether oxygens (including phenoxy) is 1. The summed E-state index contributed by atoms with van der Waals surface area (Å²) < 4.78 is 5.21. The molecule has 0 amide bonds. The fraction of sp³-hybridized carbons (Fsp3) is 0.118. The van der Waals surface area contributed by atoms with Crippen LogP contribution in [0.15, 0.2) is 54.6 Å². The van der Waals surface area contributed by atoms with Gasteiger partial charge in [0.2, 0.25) is 5.78 Å². The summed E-state index contributed by atoms with van der Waals surface area (Å²) in [5, 5.41) is 2.90. The van der Waals surface area contributed by atoms with Gasteiger partial charge in [-0.15, -0.1) is 0 Å². The maximum absolute atomic E-state index is 12.2. The quantitative estimate of drug-likeness (QED) is 0.499. The number of ketones is 1. The minimum absolute atomic E-state index is 0.141. The molecule has 2 aromatic rings. The van der Waals surface area contributed by atoms with Gasteiger partial charge in [0.1, 0.15) is 0 Å². The number of nitrogens with one attached hydrogen (secondary N) is 1. The van der Waals surface area contributed by atoms with Crippen molar-refractivity contribution in [1.29, 1.82) is 0 Å². The number of hydrogen-bond donors (Lipinski definition) is 2. The summed E-state index contributed by atoms with van der Waals surface area (Å²) in [5.41, 5.74) is 6.88. The molecule has 118 valence electrons. The van der Waals surface area contributed by atoms with Crippen molar-refractivity contribution in [2.24, 2.45) is 5.73 Å². The zero-order valence-electron chi connectivity index (χ0n) is 12.5. The van der Waals surface area contributed by atoms with Crippen LogP contribution in [0.4, 0.5) is 5.69 Å². The summed E-state index contributed by atoms with van der Waals surface area (Å²) in [6, 6.07) is 15.1. The average molecular weight is 328 g/mol. The molecule has 2 rings (SSSR count). The third-order valence-electron chi connectivity index (χ3n) is 3.10. The minimum Gasteiger partial charge on any atom is -0.451 e. The van der Waals surface area contributed by atoms with Crippen LogP contribution in [0, 0.1) is 0 Å². The molecule has 3 N–H and O–H groups in total.